The maximum Gasteiger partial charge on any atom is 0.271 e. The SMILES string of the molecule is C[C@@H]1[C@H](CN2CCN(c3ccc([N+](=O)[O-])cc3)CC2)O[C@H](c2ccc(-c3ccccc3CNC(=O)c3cnc4ccccc4n3)cc2)O[C@@H]1c1ccc(CO)cc1. The van der Waals surface area contributed by atoms with Crippen LogP contribution in [0, 0.1) is 16.0 Å². The first-order valence-corrected chi connectivity index (χ1v) is 19.2. The maximum absolute atomic E-state index is 13.1. The van der Waals surface area contributed by atoms with Gasteiger partial charge in [0.25, 0.3) is 11.6 Å². The molecule has 2 aliphatic rings. The van der Waals surface area contributed by atoms with E-state index in [-0.39, 0.29) is 46.9 Å². The van der Waals surface area contributed by atoms with E-state index in [9.17, 15) is 20.0 Å². The summed E-state index contributed by atoms with van der Waals surface area (Å²) >= 11 is 0. The molecule has 0 unspecified atom stereocenters. The van der Waals surface area contributed by atoms with Crippen LogP contribution in [-0.2, 0) is 22.6 Å². The van der Waals surface area contributed by atoms with Crippen molar-refractivity contribution in [2.24, 2.45) is 5.92 Å². The Balaban J connectivity index is 0.966. The second kappa shape index (κ2) is 17.0. The molecule has 0 aliphatic carbocycles. The van der Waals surface area contributed by atoms with Gasteiger partial charge in [-0.2, -0.15) is 0 Å². The van der Waals surface area contributed by atoms with Gasteiger partial charge < -0.3 is 24.8 Å². The Morgan fingerprint density at radius 3 is 2.25 bits per heavy atom. The molecule has 2 fully saturated rings. The van der Waals surface area contributed by atoms with E-state index >= 15 is 0 Å². The number of para-hydroxylation sites is 2. The molecule has 0 radical (unpaired) electrons. The van der Waals surface area contributed by atoms with E-state index in [0.29, 0.717) is 12.1 Å². The summed E-state index contributed by atoms with van der Waals surface area (Å²) in [4.78, 5) is 37.4. The molecule has 2 N–H and O–H groups in total. The maximum atomic E-state index is 13.1. The lowest BCUT2D eigenvalue weighted by Crippen LogP contribution is -2.51. The van der Waals surface area contributed by atoms with E-state index in [0.717, 1.165) is 77.3 Å². The molecule has 57 heavy (non-hydrogen) atoms. The van der Waals surface area contributed by atoms with Crippen molar-refractivity contribution >= 4 is 28.3 Å². The fourth-order valence-corrected chi connectivity index (χ4v) is 7.66. The molecule has 8 rings (SSSR count). The first-order chi connectivity index (χ1) is 27.8. The molecule has 290 valence electrons. The van der Waals surface area contributed by atoms with Gasteiger partial charge in [0.1, 0.15) is 5.69 Å². The van der Waals surface area contributed by atoms with Gasteiger partial charge in [0, 0.05) is 68.6 Å². The van der Waals surface area contributed by atoms with Crippen LogP contribution < -0.4 is 10.2 Å². The van der Waals surface area contributed by atoms with E-state index in [4.69, 9.17) is 9.47 Å². The number of aliphatic hydroxyl groups excluding tert-OH is 1. The predicted molar refractivity (Wildman–Crippen MR) is 217 cm³/mol. The Morgan fingerprint density at radius 1 is 0.842 bits per heavy atom. The minimum absolute atomic E-state index is 0.0252. The number of aromatic nitrogens is 2. The van der Waals surface area contributed by atoms with Crippen LogP contribution >= 0.6 is 0 Å². The largest absolute Gasteiger partial charge is 0.392 e. The average Bonchev–Trinajstić information content (AvgIpc) is 3.26. The Labute approximate surface area is 330 Å². The summed E-state index contributed by atoms with van der Waals surface area (Å²) in [7, 11) is 0. The number of hydrogen-bond donors (Lipinski definition) is 2. The number of nitrogens with one attached hydrogen (secondary N) is 1. The second-order valence-electron chi connectivity index (χ2n) is 14.6. The molecule has 6 aromatic rings. The van der Waals surface area contributed by atoms with E-state index < -0.39 is 6.29 Å². The lowest BCUT2D eigenvalue weighted by molar-refractivity contribution is -0.384. The van der Waals surface area contributed by atoms with Gasteiger partial charge in [-0.15, -0.1) is 0 Å². The second-order valence-corrected chi connectivity index (χ2v) is 14.6. The fraction of sp³-hybridized carbons (Fsp3) is 0.267. The lowest BCUT2D eigenvalue weighted by atomic mass is 9.89. The van der Waals surface area contributed by atoms with Gasteiger partial charge in [-0.1, -0.05) is 91.9 Å². The summed E-state index contributed by atoms with van der Waals surface area (Å²) in [5, 5.41) is 23.8. The Morgan fingerprint density at radius 2 is 1.53 bits per heavy atom. The zero-order valence-electron chi connectivity index (χ0n) is 31.6. The van der Waals surface area contributed by atoms with Crippen LogP contribution in [-0.4, -0.2) is 69.6 Å². The monoisotopic (exact) mass is 764 g/mol. The highest BCUT2D eigenvalue weighted by Crippen LogP contribution is 2.42. The molecule has 0 spiro atoms. The number of piperazine rings is 1. The van der Waals surface area contributed by atoms with E-state index in [1.165, 1.54) is 6.20 Å². The molecule has 5 aromatic carbocycles. The zero-order valence-corrected chi connectivity index (χ0v) is 31.6. The average molecular weight is 765 g/mol. The lowest BCUT2D eigenvalue weighted by Gasteiger charge is -2.44. The third-order valence-electron chi connectivity index (χ3n) is 11.0. The highest BCUT2D eigenvalue weighted by molar-refractivity contribution is 5.93. The van der Waals surface area contributed by atoms with Gasteiger partial charge in [-0.3, -0.25) is 24.8 Å². The van der Waals surface area contributed by atoms with E-state index in [2.05, 4.69) is 44.1 Å². The van der Waals surface area contributed by atoms with Crippen LogP contribution in [0.1, 0.15) is 52.1 Å². The first kappa shape index (κ1) is 37.9. The third-order valence-corrected chi connectivity index (χ3v) is 11.0. The summed E-state index contributed by atoms with van der Waals surface area (Å²) in [6.45, 7) is 6.45. The smallest absolute Gasteiger partial charge is 0.271 e. The van der Waals surface area contributed by atoms with Gasteiger partial charge in [-0.05, 0) is 52.1 Å². The van der Waals surface area contributed by atoms with Crippen molar-refractivity contribution in [2.75, 3.05) is 37.6 Å². The number of amides is 1. The van der Waals surface area contributed by atoms with Crippen molar-refractivity contribution in [1.82, 2.24) is 20.2 Å². The summed E-state index contributed by atoms with van der Waals surface area (Å²) in [5.74, 6) is -0.253. The van der Waals surface area contributed by atoms with Crippen molar-refractivity contribution in [2.45, 2.75) is 38.6 Å². The Bertz CT molecular complexity index is 2330. The molecule has 0 bridgehead atoms. The standard InChI is InChI=1S/C45H44N6O6/c1-30-42(28-49-22-24-50(25-23-49)36-18-20-37(21-19-36)51(54)55)56-45(57-43(30)33-12-10-31(29-52)11-13-33)34-16-14-32(15-17-34)38-7-3-2-6-35(38)26-47-44(53)41-27-46-39-8-4-5-9-40(39)48-41/h2-21,27,30,42-43,45,52H,22-26,28-29H2,1H3,(H,47,53)/t30-,42+,43+,45+/m1/s1. The van der Waals surface area contributed by atoms with Crippen molar-refractivity contribution in [3.63, 3.8) is 0 Å². The zero-order chi connectivity index (χ0) is 39.3. The molecule has 0 saturated carbocycles. The molecule has 4 atom stereocenters. The topological polar surface area (TPSA) is 143 Å². The number of hydrogen-bond acceptors (Lipinski definition) is 10. The number of nitro benzene ring substituents is 1. The van der Waals surface area contributed by atoms with Crippen LogP contribution in [0.2, 0.25) is 0 Å². The van der Waals surface area contributed by atoms with Gasteiger partial charge in [0.2, 0.25) is 0 Å². The minimum atomic E-state index is -0.609. The molecular formula is C45H44N6O6. The van der Waals surface area contributed by atoms with Crippen LogP contribution in [0.3, 0.4) is 0 Å². The number of aliphatic hydroxyl groups is 1. The van der Waals surface area contributed by atoms with Crippen LogP contribution in [0.5, 0.6) is 0 Å². The Hall–Kier alpha value is -6.05. The van der Waals surface area contributed by atoms with Crippen molar-refractivity contribution in [3.05, 3.63) is 166 Å². The van der Waals surface area contributed by atoms with Crippen LogP contribution in [0.4, 0.5) is 11.4 Å². The number of carbonyl (C=O) groups excluding carboxylic acids is 1. The van der Waals surface area contributed by atoms with Crippen molar-refractivity contribution in [3.8, 4) is 11.1 Å². The number of carbonyl (C=O) groups is 1. The van der Waals surface area contributed by atoms with Crippen LogP contribution in [0.15, 0.2) is 128 Å². The van der Waals surface area contributed by atoms with Crippen molar-refractivity contribution in [1.29, 1.82) is 0 Å². The first-order valence-electron chi connectivity index (χ1n) is 19.2. The van der Waals surface area contributed by atoms with Gasteiger partial charge in [-0.25, -0.2) is 4.98 Å². The number of fused-ring (bicyclic) bond motifs is 1. The van der Waals surface area contributed by atoms with Gasteiger partial charge in [0.15, 0.2) is 6.29 Å². The quantitative estimate of drug-likeness (QED) is 0.102. The molecular weight excluding hydrogens is 721 g/mol. The fourth-order valence-electron chi connectivity index (χ4n) is 7.66. The molecule has 2 aliphatic heterocycles. The highest BCUT2D eigenvalue weighted by atomic mass is 16.7. The summed E-state index contributed by atoms with van der Waals surface area (Å²) in [6.07, 6.45) is 0.525. The van der Waals surface area contributed by atoms with Crippen LogP contribution in [0.25, 0.3) is 22.2 Å². The highest BCUT2D eigenvalue weighted by Gasteiger charge is 2.39. The Kier molecular flexibility index (Phi) is 11.3. The summed E-state index contributed by atoms with van der Waals surface area (Å²) < 4.78 is 13.5. The van der Waals surface area contributed by atoms with Gasteiger partial charge in [0.05, 0.1) is 41.0 Å². The van der Waals surface area contributed by atoms with Crippen molar-refractivity contribution < 1.29 is 24.3 Å². The number of nitro groups is 1. The van der Waals surface area contributed by atoms with E-state index in [1.807, 2.05) is 97.1 Å². The number of rotatable bonds is 11. The normalized spacial score (nSPS) is 20.0. The number of nitrogens with zero attached hydrogens (tertiary/aromatic N) is 5. The summed E-state index contributed by atoms with van der Waals surface area (Å²) in [5.41, 5.74) is 8.48. The molecule has 12 nitrogen and oxygen atoms in total. The van der Waals surface area contributed by atoms with Gasteiger partial charge >= 0.3 is 0 Å². The van der Waals surface area contributed by atoms with E-state index in [1.54, 1.807) is 12.1 Å². The number of benzene rings is 5. The number of ether oxygens (including phenoxy) is 2. The predicted octanol–water partition coefficient (Wildman–Crippen LogP) is 7.24. The summed E-state index contributed by atoms with van der Waals surface area (Å²) in [6, 6.07) is 38.4. The molecule has 3 heterocycles. The minimum Gasteiger partial charge on any atom is -0.392 e. The number of anilines is 1. The molecule has 1 amide bonds. The number of non-ortho nitro benzene ring substituents is 1. The molecule has 2 saturated heterocycles. The molecule has 12 heteroatoms. The molecule has 1 aromatic heterocycles. The third kappa shape index (κ3) is 8.54.